The lowest BCUT2D eigenvalue weighted by Crippen LogP contribution is -2.04. The third-order valence-electron chi connectivity index (χ3n) is 11.6. The van der Waals surface area contributed by atoms with Gasteiger partial charge in [0.2, 0.25) is 0 Å². The van der Waals surface area contributed by atoms with Crippen LogP contribution in [0.4, 0.5) is 0 Å². The Morgan fingerprint density at radius 1 is 0.414 bits per heavy atom. The molecule has 12 aromatic rings. The molecule has 0 N–H and O–H groups in total. The van der Waals surface area contributed by atoms with Gasteiger partial charge in [-0.3, -0.25) is 0 Å². The average molecular weight is 744 g/mol. The third-order valence-corrected chi connectivity index (χ3v) is 11.6. The number of fused-ring (bicyclic) bond motifs is 9. The summed E-state index contributed by atoms with van der Waals surface area (Å²) in [5.41, 5.74) is 12.0. The summed E-state index contributed by atoms with van der Waals surface area (Å²) in [5, 5.41) is 6.85. The second-order valence-electron chi connectivity index (χ2n) is 14.8. The van der Waals surface area contributed by atoms with Crippen molar-refractivity contribution < 1.29 is 4.42 Å². The minimum Gasteiger partial charge on any atom is -0.455 e. The summed E-state index contributed by atoms with van der Waals surface area (Å²) in [6.07, 6.45) is 0. The van der Waals surface area contributed by atoms with E-state index in [2.05, 4.69) is 137 Å². The SMILES string of the molecule is Cc1c(-n2c3ccccc3c3ccccc32)cc2oc3c(-c4nc(-c5ccccc5)nc(-c5ccccc5)n4)cccc3c2c1-n1c2ccccc2c2ccccc21. The molecule has 8 aromatic carbocycles. The van der Waals surface area contributed by atoms with Gasteiger partial charge in [-0.05, 0) is 42.8 Å². The molecule has 0 aliphatic carbocycles. The molecule has 0 aliphatic rings. The fourth-order valence-corrected chi connectivity index (χ4v) is 8.99. The van der Waals surface area contributed by atoms with Crippen molar-refractivity contribution in [2.45, 2.75) is 6.92 Å². The quantitative estimate of drug-likeness (QED) is 0.176. The molecule has 0 spiro atoms. The number of hydrogen-bond acceptors (Lipinski definition) is 4. The highest BCUT2D eigenvalue weighted by atomic mass is 16.3. The van der Waals surface area contributed by atoms with E-state index < -0.39 is 0 Å². The first-order valence-corrected chi connectivity index (χ1v) is 19.5. The van der Waals surface area contributed by atoms with Gasteiger partial charge in [0.05, 0.1) is 44.4 Å². The van der Waals surface area contributed by atoms with Crippen LogP contribution in [0, 0.1) is 6.92 Å². The van der Waals surface area contributed by atoms with Crippen molar-refractivity contribution >= 4 is 65.6 Å². The number of rotatable bonds is 5. The van der Waals surface area contributed by atoms with Crippen molar-refractivity contribution in [1.29, 1.82) is 0 Å². The molecular formula is C52H33N5O. The summed E-state index contributed by atoms with van der Waals surface area (Å²) in [7, 11) is 0. The van der Waals surface area contributed by atoms with Gasteiger partial charge in [-0.1, -0.05) is 146 Å². The van der Waals surface area contributed by atoms with Crippen LogP contribution in [0.2, 0.25) is 0 Å². The van der Waals surface area contributed by atoms with Crippen LogP contribution in [-0.2, 0) is 0 Å². The maximum absolute atomic E-state index is 7.18. The topological polar surface area (TPSA) is 61.7 Å². The highest BCUT2D eigenvalue weighted by molar-refractivity contribution is 6.18. The maximum atomic E-state index is 7.18. The summed E-state index contributed by atoms with van der Waals surface area (Å²) >= 11 is 0. The zero-order valence-corrected chi connectivity index (χ0v) is 31.5. The highest BCUT2D eigenvalue weighted by Gasteiger charge is 2.26. The van der Waals surface area contributed by atoms with E-state index in [1.54, 1.807) is 0 Å². The Morgan fingerprint density at radius 3 is 1.36 bits per heavy atom. The van der Waals surface area contributed by atoms with E-state index in [0.29, 0.717) is 17.5 Å². The molecule has 12 rings (SSSR count). The lowest BCUT2D eigenvalue weighted by Gasteiger charge is -2.18. The fraction of sp³-hybridized carbons (Fsp3) is 0.0192. The van der Waals surface area contributed by atoms with Crippen LogP contribution in [0.3, 0.4) is 0 Å². The van der Waals surface area contributed by atoms with Gasteiger partial charge in [-0.15, -0.1) is 0 Å². The van der Waals surface area contributed by atoms with Gasteiger partial charge < -0.3 is 13.6 Å². The second-order valence-corrected chi connectivity index (χ2v) is 14.8. The molecule has 58 heavy (non-hydrogen) atoms. The van der Waals surface area contributed by atoms with Crippen LogP contribution in [-0.4, -0.2) is 24.1 Å². The minimum absolute atomic E-state index is 0.551. The molecule has 0 aliphatic heterocycles. The summed E-state index contributed by atoms with van der Waals surface area (Å²) < 4.78 is 12.0. The summed E-state index contributed by atoms with van der Waals surface area (Å²) in [4.78, 5) is 15.2. The first-order chi connectivity index (χ1) is 28.7. The van der Waals surface area contributed by atoms with Gasteiger partial charge in [0.25, 0.3) is 0 Å². The Bertz CT molecular complexity index is 3410. The van der Waals surface area contributed by atoms with E-state index in [4.69, 9.17) is 19.4 Å². The maximum Gasteiger partial charge on any atom is 0.167 e. The molecule has 6 heteroatoms. The molecule has 0 radical (unpaired) electrons. The largest absolute Gasteiger partial charge is 0.455 e. The van der Waals surface area contributed by atoms with E-state index in [0.717, 1.165) is 77.6 Å². The zero-order valence-electron chi connectivity index (χ0n) is 31.5. The van der Waals surface area contributed by atoms with E-state index in [-0.39, 0.29) is 0 Å². The van der Waals surface area contributed by atoms with Crippen molar-refractivity contribution in [3.8, 4) is 45.5 Å². The Labute approximate surface area is 332 Å². The molecule has 0 atom stereocenters. The van der Waals surface area contributed by atoms with E-state index >= 15 is 0 Å². The first kappa shape index (κ1) is 32.4. The molecule has 0 saturated heterocycles. The molecule has 0 amide bonds. The Morgan fingerprint density at radius 2 is 0.845 bits per heavy atom. The van der Waals surface area contributed by atoms with Gasteiger partial charge in [0, 0.05) is 44.1 Å². The number of hydrogen-bond donors (Lipinski definition) is 0. The van der Waals surface area contributed by atoms with Crippen LogP contribution < -0.4 is 0 Å². The van der Waals surface area contributed by atoms with E-state index in [1.807, 2.05) is 60.7 Å². The van der Waals surface area contributed by atoms with Gasteiger partial charge in [0.1, 0.15) is 11.2 Å². The molecule has 0 fully saturated rings. The van der Waals surface area contributed by atoms with Crippen molar-refractivity contribution in [1.82, 2.24) is 24.1 Å². The lowest BCUT2D eigenvalue weighted by atomic mass is 10.0. The minimum atomic E-state index is 0.551. The summed E-state index contributed by atoms with van der Waals surface area (Å²) in [6.45, 7) is 2.25. The Kier molecular flexibility index (Phi) is 7.04. The van der Waals surface area contributed by atoms with Crippen LogP contribution in [0.25, 0.3) is 111 Å². The van der Waals surface area contributed by atoms with Crippen molar-refractivity contribution in [3.63, 3.8) is 0 Å². The predicted octanol–water partition coefficient (Wildman–Crippen LogP) is 13.3. The smallest absolute Gasteiger partial charge is 0.167 e. The van der Waals surface area contributed by atoms with E-state index in [1.165, 1.54) is 21.5 Å². The molecular weight excluding hydrogens is 711 g/mol. The van der Waals surface area contributed by atoms with Gasteiger partial charge in [-0.2, -0.15) is 0 Å². The lowest BCUT2D eigenvalue weighted by molar-refractivity contribution is 0.669. The standard InChI is InChI=1S/C52H33N5O/c1-32-45(56-41-27-12-8-21-35(41)36-22-9-13-28-42(36)56)31-46-47(48(32)57-43-29-14-10-23-37(43)38-24-11-15-30-44(38)57)39-25-16-26-40(49(39)58-46)52-54-50(33-17-4-2-5-18-33)53-51(55-52)34-19-6-3-7-20-34/h2-31H,1H3. The molecule has 0 saturated carbocycles. The van der Waals surface area contributed by atoms with Crippen LogP contribution in [0.15, 0.2) is 186 Å². The van der Waals surface area contributed by atoms with Crippen molar-refractivity contribution in [3.05, 3.63) is 188 Å². The zero-order chi connectivity index (χ0) is 38.3. The molecule has 0 bridgehead atoms. The number of aromatic nitrogens is 5. The molecule has 4 heterocycles. The van der Waals surface area contributed by atoms with Crippen LogP contribution in [0.1, 0.15) is 5.56 Å². The van der Waals surface area contributed by atoms with Crippen molar-refractivity contribution in [2.24, 2.45) is 0 Å². The first-order valence-electron chi connectivity index (χ1n) is 19.5. The Balaban J connectivity index is 1.22. The Hall–Kier alpha value is -7.83. The van der Waals surface area contributed by atoms with Gasteiger partial charge >= 0.3 is 0 Å². The average Bonchev–Trinajstić information content (AvgIpc) is 3.95. The fourth-order valence-electron chi connectivity index (χ4n) is 8.99. The normalized spacial score (nSPS) is 11.9. The van der Waals surface area contributed by atoms with Crippen LogP contribution in [0.5, 0.6) is 0 Å². The van der Waals surface area contributed by atoms with Gasteiger partial charge in [0.15, 0.2) is 17.5 Å². The molecule has 4 aromatic heterocycles. The summed E-state index contributed by atoms with van der Waals surface area (Å²) in [5.74, 6) is 1.76. The van der Waals surface area contributed by atoms with Crippen LogP contribution >= 0.6 is 0 Å². The monoisotopic (exact) mass is 743 g/mol. The number of benzene rings is 8. The molecule has 272 valence electrons. The third kappa shape index (κ3) is 4.75. The van der Waals surface area contributed by atoms with Gasteiger partial charge in [-0.25, -0.2) is 15.0 Å². The highest BCUT2D eigenvalue weighted by Crippen LogP contribution is 2.45. The molecule has 6 nitrogen and oxygen atoms in total. The number of nitrogens with zero attached hydrogens (tertiary/aromatic N) is 5. The van der Waals surface area contributed by atoms with Crippen molar-refractivity contribution in [2.75, 3.05) is 0 Å². The second kappa shape index (κ2) is 12.6. The summed E-state index contributed by atoms with van der Waals surface area (Å²) in [6, 6.07) is 63.4. The number of para-hydroxylation sites is 5. The predicted molar refractivity (Wildman–Crippen MR) is 237 cm³/mol. The number of furan rings is 1. The van der Waals surface area contributed by atoms with E-state index in [9.17, 15) is 0 Å². The molecule has 0 unspecified atom stereocenters.